The van der Waals surface area contributed by atoms with E-state index in [-0.39, 0.29) is 24.3 Å². The minimum Gasteiger partial charge on any atom is -0.346 e. The van der Waals surface area contributed by atoms with Crippen LogP contribution in [-0.2, 0) is 4.79 Å². The molecule has 2 amide bonds. The summed E-state index contributed by atoms with van der Waals surface area (Å²) in [5.74, 6) is -0.159. The third-order valence-electron chi connectivity index (χ3n) is 5.39. The maximum atomic E-state index is 12.6. The molecular weight excluding hydrogens is 486 g/mol. The number of hydrogen-bond donors (Lipinski definition) is 2. The summed E-state index contributed by atoms with van der Waals surface area (Å²) in [4.78, 5) is 27.3. The zero-order valence-electron chi connectivity index (χ0n) is 16.4. The van der Waals surface area contributed by atoms with Crippen LogP contribution in [0.5, 0.6) is 0 Å². The number of hydrogen-bond acceptors (Lipinski definition) is 4. The van der Waals surface area contributed by atoms with Crippen LogP contribution < -0.4 is 15.5 Å². The molecule has 2 fully saturated rings. The van der Waals surface area contributed by atoms with Gasteiger partial charge >= 0.3 is 0 Å². The summed E-state index contributed by atoms with van der Waals surface area (Å²) in [6.45, 7) is 2.50. The van der Waals surface area contributed by atoms with Gasteiger partial charge in [0, 0.05) is 23.7 Å². The van der Waals surface area contributed by atoms with E-state index in [4.69, 9.17) is 11.6 Å². The molecule has 5 nitrogen and oxygen atoms in total. The molecule has 2 saturated heterocycles. The second kappa shape index (κ2) is 9.64. The van der Waals surface area contributed by atoms with Gasteiger partial charge in [0.2, 0.25) is 5.91 Å². The minimum absolute atomic E-state index is 0.00956. The van der Waals surface area contributed by atoms with Crippen LogP contribution in [0.4, 0.5) is 5.69 Å². The second-order valence-electron chi connectivity index (χ2n) is 7.59. The van der Waals surface area contributed by atoms with Crippen molar-refractivity contribution in [2.75, 3.05) is 24.5 Å². The molecule has 0 saturated carbocycles. The number of carbonyl (C=O) groups excluding carboxylic acids is 2. The molecule has 1 aromatic heterocycles. The van der Waals surface area contributed by atoms with Gasteiger partial charge in [-0.3, -0.25) is 9.59 Å². The summed E-state index contributed by atoms with van der Waals surface area (Å²) in [5.41, 5.74) is 3.15. The number of carbonyl (C=O) groups is 2. The summed E-state index contributed by atoms with van der Waals surface area (Å²) < 4.78 is 0.904. The third kappa shape index (κ3) is 5.14. The van der Waals surface area contributed by atoms with E-state index in [0.717, 1.165) is 47.4 Å². The highest BCUT2D eigenvalue weighted by Gasteiger charge is 2.32. The van der Waals surface area contributed by atoms with Crippen LogP contribution >= 0.6 is 38.9 Å². The first-order valence-corrected chi connectivity index (χ1v) is 12.0. The van der Waals surface area contributed by atoms with Crippen LogP contribution in [0.15, 0.2) is 39.7 Å². The van der Waals surface area contributed by atoms with Gasteiger partial charge in [-0.05, 0) is 78.1 Å². The van der Waals surface area contributed by atoms with Crippen LogP contribution in [0.2, 0.25) is 5.02 Å². The van der Waals surface area contributed by atoms with Gasteiger partial charge in [-0.2, -0.15) is 0 Å². The number of benzene rings is 1. The van der Waals surface area contributed by atoms with Gasteiger partial charge in [0.25, 0.3) is 5.91 Å². The van der Waals surface area contributed by atoms with Crippen molar-refractivity contribution in [3.8, 4) is 0 Å². The number of amides is 2. The Bertz CT molecular complexity index is 981. The first-order valence-electron chi connectivity index (χ1n) is 10.1. The highest BCUT2D eigenvalue weighted by molar-refractivity contribution is 9.11. The summed E-state index contributed by atoms with van der Waals surface area (Å²) in [6, 6.07) is 9.16. The van der Waals surface area contributed by atoms with Crippen molar-refractivity contribution in [2.24, 2.45) is 0 Å². The SMILES string of the molecule is O=C(NC1CC(=O)N(c2ccc(/C=C3\CCCNCC3)c(Cl)c2)C1)c1ccc(Br)s1. The summed E-state index contributed by atoms with van der Waals surface area (Å²) in [5, 5.41) is 7.01. The van der Waals surface area contributed by atoms with E-state index in [0.29, 0.717) is 16.4 Å². The van der Waals surface area contributed by atoms with Gasteiger partial charge in [0.05, 0.1) is 14.7 Å². The third-order valence-corrected chi connectivity index (χ3v) is 7.34. The molecule has 1 atom stereocenters. The minimum atomic E-state index is -0.218. The van der Waals surface area contributed by atoms with Crippen molar-refractivity contribution < 1.29 is 9.59 Å². The molecule has 158 valence electrons. The van der Waals surface area contributed by atoms with E-state index in [2.05, 4.69) is 32.6 Å². The lowest BCUT2D eigenvalue weighted by atomic mass is 10.0. The van der Waals surface area contributed by atoms with Crippen molar-refractivity contribution in [3.05, 3.63) is 55.2 Å². The lowest BCUT2D eigenvalue weighted by Gasteiger charge is -2.18. The topological polar surface area (TPSA) is 61.4 Å². The van der Waals surface area contributed by atoms with Crippen LogP contribution in [0.3, 0.4) is 0 Å². The molecule has 0 bridgehead atoms. The van der Waals surface area contributed by atoms with Gasteiger partial charge in [-0.1, -0.05) is 29.3 Å². The first kappa shape index (κ1) is 21.6. The first-order chi connectivity index (χ1) is 14.5. The molecule has 1 unspecified atom stereocenters. The van der Waals surface area contributed by atoms with Crippen molar-refractivity contribution in [1.82, 2.24) is 10.6 Å². The second-order valence-corrected chi connectivity index (χ2v) is 10.5. The van der Waals surface area contributed by atoms with E-state index >= 15 is 0 Å². The van der Waals surface area contributed by atoms with E-state index in [1.165, 1.54) is 16.9 Å². The smallest absolute Gasteiger partial charge is 0.261 e. The van der Waals surface area contributed by atoms with E-state index in [1.54, 1.807) is 11.0 Å². The maximum absolute atomic E-state index is 12.6. The number of nitrogens with one attached hydrogen (secondary N) is 2. The summed E-state index contributed by atoms with van der Waals surface area (Å²) in [6.07, 6.45) is 5.71. The van der Waals surface area contributed by atoms with Crippen molar-refractivity contribution in [3.63, 3.8) is 0 Å². The monoisotopic (exact) mass is 507 g/mol. The quantitative estimate of drug-likeness (QED) is 0.620. The Hall–Kier alpha value is -1.67. The highest BCUT2D eigenvalue weighted by Crippen LogP contribution is 2.30. The lowest BCUT2D eigenvalue weighted by molar-refractivity contribution is -0.117. The molecule has 0 radical (unpaired) electrons. The average Bonchev–Trinajstić information content (AvgIpc) is 3.21. The summed E-state index contributed by atoms with van der Waals surface area (Å²) in [7, 11) is 0. The van der Waals surface area contributed by atoms with Gasteiger partial charge in [-0.25, -0.2) is 0 Å². The van der Waals surface area contributed by atoms with Gasteiger partial charge in [-0.15, -0.1) is 11.3 Å². The van der Waals surface area contributed by atoms with Crippen LogP contribution in [0, 0.1) is 0 Å². The zero-order valence-corrected chi connectivity index (χ0v) is 19.6. The number of rotatable bonds is 4. The number of halogens is 2. The normalized spacial score (nSPS) is 21.1. The van der Waals surface area contributed by atoms with Crippen LogP contribution in [-0.4, -0.2) is 37.5 Å². The average molecular weight is 509 g/mol. The summed E-state index contributed by atoms with van der Waals surface area (Å²) >= 11 is 11.3. The maximum Gasteiger partial charge on any atom is 0.261 e. The molecule has 1 aromatic carbocycles. The molecular formula is C22H23BrClN3O2S. The molecule has 2 aliphatic rings. The molecule has 0 spiro atoms. The Morgan fingerprint density at radius 2 is 2.13 bits per heavy atom. The Labute approximate surface area is 193 Å². The fourth-order valence-electron chi connectivity index (χ4n) is 3.85. The molecule has 4 rings (SSSR count). The van der Waals surface area contributed by atoms with Gasteiger partial charge in [0.1, 0.15) is 0 Å². The molecule has 2 N–H and O–H groups in total. The van der Waals surface area contributed by atoms with Crippen LogP contribution in [0.1, 0.15) is 40.9 Å². The van der Waals surface area contributed by atoms with E-state index < -0.39 is 0 Å². The molecule has 30 heavy (non-hydrogen) atoms. The standard InChI is InChI=1S/C22H23BrClN3O2S/c23-20-6-5-19(30-20)22(29)26-16-11-21(28)27(13-16)17-4-3-15(18(24)12-17)10-14-2-1-8-25-9-7-14/h3-6,10,12,16,25H,1-2,7-9,11,13H2,(H,26,29)/b14-10+. The molecule has 2 aromatic rings. The van der Waals surface area contributed by atoms with Crippen molar-refractivity contribution >= 4 is 62.4 Å². The van der Waals surface area contributed by atoms with Gasteiger partial charge < -0.3 is 15.5 Å². The van der Waals surface area contributed by atoms with E-state index in [1.807, 2.05) is 24.3 Å². The molecule has 8 heteroatoms. The number of nitrogens with zero attached hydrogens (tertiary/aromatic N) is 1. The Balaban J connectivity index is 1.43. The lowest BCUT2D eigenvalue weighted by Crippen LogP contribution is -2.36. The fourth-order valence-corrected chi connectivity index (χ4v) is 5.37. The van der Waals surface area contributed by atoms with E-state index in [9.17, 15) is 9.59 Å². The number of thiophene rings is 1. The molecule has 2 aliphatic heterocycles. The van der Waals surface area contributed by atoms with Crippen molar-refractivity contribution in [2.45, 2.75) is 31.7 Å². The van der Waals surface area contributed by atoms with Gasteiger partial charge in [0.15, 0.2) is 0 Å². The largest absolute Gasteiger partial charge is 0.346 e. The fraction of sp³-hybridized carbons (Fsp3) is 0.364. The number of anilines is 1. The molecule has 0 aliphatic carbocycles. The Morgan fingerprint density at radius 3 is 2.90 bits per heavy atom. The Morgan fingerprint density at radius 1 is 1.27 bits per heavy atom. The highest BCUT2D eigenvalue weighted by atomic mass is 79.9. The van der Waals surface area contributed by atoms with Crippen molar-refractivity contribution in [1.29, 1.82) is 0 Å². The predicted octanol–water partition coefficient (Wildman–Crippen LogP) is 4.86. The zero-order chi connectivity index (χ0) is 21.1. The van der Waals surface area contributed by atoms with Crippen LogP contribution in [0.25, 0.3) is 6.08 Å². The predicted molar refractivity (Wildman–Crippen MR) is 126 cm³/mol. The molecule has 3 heterocycles. The Kier molecular flexibility index (Phi) is 6.93.